The summed E-state index contributed by atoms with van der Waals surface area (Å²) in [6.07, 6.45) is 0. The lowest BCUT2D eigenvalue weighted by atomic mass is 9.98. The lowest BCUT2D eigenvalue weighted by molar-refractivity contribution is 0.404. The van der Waals surface area contributed by atoms with Crippen LogP contribution in [0.25, 0.3) is 11.4 Å². The number of nitrogens with one attached hydrogen (secondary N) is 1. The Morgan fingerprint density at radius 3 is 2.38 bits per heavy atom. The summed E-state index contributed by atoms with van der Waals surface area (Å²) in [7, 11) is 0. The third-order valence-electron chi connectivity index (χ3n) is 4.64. The van der Waals surface area contributed by atoms with Crippen molar-refractivity contribution < 1.29 is 15.3 Å². The van der Waals surface area contributed by atoms with Gasteiger partial charge in [0, 0.05) is 12.6 Å². The van der Waals surface area contributed by atoms with E-state index in [9.17, 15) is 15.3 Å². The maximum absolute atomic E-state index is 10.3. The molecule has 150 valence electrons. The minimum Gasteiger partial charge on any atom is -0.508 e. The summed E-state index contributed by atoms with van der Waals surface area (Å²) in [4.78, 5) is 0. The molecule has 0 spiro atoms. The van der Waals surface area contributed by atoms with Gasteiger partial charge in [0.05, 0.1) is 24.7 Å². The van der Waals surface area contributed by atoms with E-state index >= 15 is 0 Å². The first-order valence-electron chi connectivity index (χ1n) is 9.24. The average molecular weight is 393 g/mol. The summed E-state index contributed by atoms with van der Waals surface area (Å²) in [5, 5.41) is 50.0. The molecule has 1 aromatic heterocycles. The largest absolute Gasteiger partial charge is 0.508 e. The van der Waals surface area contributed by atoms with Gasteiger partial charge in [-0.3, -0.25) is 4.57 Å². The molecule has 3 aromatic rings. The number of benzene rings is 2. The molecule has 0 saturated carbocycles. The summed E-state index contributed by atoms with van der Waals surface area (Å²) < 4.78 is 1.50. The lowest BCUT2D eigenvalue weighted by Gasteiger charge is -2.14. The third-order valence-corrected chi connectivity index (χ3v) is 4.64. The SMILES string of the molecule is CC(C)c1cc(-c2nnc(O)n2Cc2ccc(CNCC#N)cc2)c(O)cc1O. The van der Waals surface area contributed by atoms with Gasteiger partial charge in [-0.25, -0.2) is 0 Å². The van der Waals surface area contributed by atoms with Crippen molar-refractivity contribution in [1.82, 2.24) is 20.1 Å². The fourth-order valence-electron chi connectivity index (χ4n) is 3.08. The first-order valence-corrected chi connectivity index (χ1v) is 9.24. The topological polar surface area (TPSA) is 127 Å². The van der Waals surface area contributed by atoms with Crippen molar-refractivity contribution in [3.8, 4) is 35.0 Å². The van der Waals surface area contributed by atoms with Crippen LogP contribution in [-0.2, 0) is 13.1 Å². The second kappa shape index (κ2) is 8.63. The quantitative estimate of drug-likeness (QED) is 0.359. The number of phenolic OH excluding ortho intramolecular Hbond substituents is 2. The Morgan fingerprint density at radius 1 is 1.03 bits per heavy atom. The van der Waals surface area contributed by atoms with Crippen LogP contribution in [0, 0.1) is 11.3 Å². The van der Waals surface area contributed by atoms with Gasteiger partial charge >= 0.3 is 6.01 Å². The van der Waals surface area contributed by atoms with E-state index in [1.54, 1.807) is 6.07 Å². The summed E-state index contributed by atoms with van der Waals surface area (Å²) in [6.45, 7) is 5.05. The molecule has 0 aliphatic heterocycles. The molecule has 29 heavy (non-hydrogen) atoms. The van der Waals surface area contributed by atoms with Crippen LogP contribution < -0.4 is 5.32 Å². The second-order valence-corrected chi connectivity index (χ2v) is 7.07. The molecule has 8 heteroatoms. The zero-order valence-electron chi connectivity index (χ0n) is 16.3. The molecule has 0 fully saturated rings. The minimum atomic E-state index is -0.265. The van der Waals surface area contributed by atoms with Crippen molar-refractivity contribution >= 4 is 0 Å². The predicted molar refractivity (Wildman–Crippen MR) is 107 cm³/mol. The smallest absolute Gasteiger partial charge is 0.315 e. The van der Waals surface area contributed by atoms with Crippen molar-refractivity contribution in [3.63, 3.8) is 0 Å². The molecular formula is C21H23N5O3. The van der Waals surface area contributed by atoms with Crippen LogP contribution in [-0.4, -0.2) is 36.6 Å². The molecule has 0 aliphatic rings. The van der Waals surface area contributed by atoms with Gasteiger partial charge in [0.1, 0.15) is 11.5 Å². The van der Waals surface area contributed by atoms with Gasteiger partial charge in [-0.2, -0.15) is 5.26 Å². The van der Waals surface area contributed by atoms with E-state index in [4.69, 9.17) is 5.26 Å². The van der Waals surface area contributed by atoms with Crippen molar-refractivity contribution in [2.75, 3.05) is 6.54 Å². The number of nitrogens with zero attached hydrogens (tertiary/aromatic N) is 4. The Balaban J connectivity index is 1.89. The van der Waals surface area contributed by atoms with Crippen molar-refractivity contribution in [2.24, 2.45) is 0 Å². The maximum atomic E-state index is 10.3. The monoisotopic (exact) mass is 393 g/mol. The molecule has 1 heterocycles. The van der Waals surface area contributed by atoms with Crippen LogP contribution >= 0.6 is 0 Å². The second-order valence-electron chi connectivity index (χ2n) is 7.07. The summed E-state index contributed by atoms with van der Waals surface area (Å²) in [5.41, 5.74) is 3.00. The number of rotatable bonds is 7. The summed E-state index contributed by atoms with van der Waals surface area (Å²) in [6, 6.07) is 12.4. The van der Waals surface area contributed by atoms with Crippen molar-refractivity contribution in [1.29, 1.82) is 5.26 Å². The fraction of sp³-hybridized carbons (Fsp3) is 0.286. The zero-order valence-corrected chi connectivity index (χ0v) is 16.3. The number of aromatic hydroxyl groups is 3. The van der Waals surface area contributed by atoms with Gasteiger partial charge in [-0.05, 0) is 28.7 Å². The van der Waals surface area contributed by atoms with Gasteiger partial charge < -0.3 is 20.6 Å². The fourth-order valence-corrected chi connectivity index (χ4v) is 3.08. The van der Waals surface area contributed by atoms with Gasteiger partial charge in [-0.1, -0.05) is 43.2 Å². The van der Waals surface area contributed by atoms with Crippen LogP contribution in [0.1, 0.15) is 36.5 Å². The Kier molecular flexibility index (Phi) is 6.00. The van der Waals surface area contributed by atoms with Gasteiger partial charge in [0.25, 0.3) is 0 Å². The van der Waals surface area contributed by atoms with E-state index in [2.05, 4.69) is 15.5 Å². The molecular weight excluding hydrogens is 370 g/mol. The molecule has 3 rings (SSSR count). The standard InChI is InChI=1S/C21H23N5O3/c1-13(2)16-9-17(19(28)10-18(16)27)20-24-25-21(29)26(20)12-15-5-3-14(4-6-15)11-23-8-7-22/h3-6,9-10,13,23,27-28H,8,11-12H2,1-2H3,(H,25,29). The van der Waals surface area contributed by atoms with Gasteiger partial charge in [0.2, 0.25) is 0 Å². The predicted octanol–water partition coefficient (Wildman–Crippen LogP) is 2.85. The van der Waals surface area contributed by atoms with Crippen LogP contribution in [0.5, 0.6) is 17.5 Å². The molecule has 4 N–H and O–H groups in total. The summed E-state index contributed by atoms with van der Waals surface area (Å²) in [5.74, 6) is 0.222. The zero-order chi connectivity index (χ0) is 21.0. The highest BCUT2D eigenvalue weighted by Gasteiger charge is 2.20. The molecule has 0 unspecified atom stereocenters. The third kappa shape index (κ3) is 4.47. The Morgan fingerprint density at radius 2 is 1.72 bits per heavy atom. The Hall–Kier alpha value is -3.57. The number of hydrogen-bond donors (Lipinski definition) is 4. The molecule has 0 amide bonds. The number of aromatic nitrogens is 3. The highest BCUT2D eigenvalue weighted by atomic mass is 16.3. The highest BCUT2D eigenvalue weighted by molar-refractivity contribution is 5.68. The van der Waals surface area contributed by atoms with Crippen LogP contribution in [0.4, 0.5) is 0 Å². The molecule has 0 aliphatic carbocycles. The van der Waals surface area contributed by atoms with Crippen molar-refractivity contribution in [3.05, 3.63) is 53.1 Å². The van der Waals surface area contributed by atoms with E-state index in [1.807, 2.05) is 44.2 Å². The van der Waals surface area contributed by atoms with E-state index in [-0.39, 0.29) is 30.0 Å². The van der Waals surface area contributed by atoms with Gasteiger partial charge in [-0.15, -0.1) is 5.10 Å². The molecule has 8 nitrogen and oxygen atoms in total. The van der Waals surface area contributed by atoms with E-state index in [0.29, 0.717) is 30.0 Å². The van der Waals surface area contributed by atoms with E-state index in [0.717, 1.165) is 11.1 Å². The number of nitriles is 1. The van der Waals surface area contributed by atoms with Crippen LogP contribution in [0.3, 0.4) is 0 Å². The molecule has 2 aromatic carbocycles. The van der Waals surface area contributed by atoms with E-state index < -0.39 is 0 Å². The average Bonchev–Trinajstić information content (AvgIpc) is 3.03. The molecule has 0 atom stereocenters. The number of phenols is 2. The summed E-state index contributed by atoms with van der Waals surface area (Å²) >= 11 is 0. The van der Waals surface area contributed by atoms with Gasteiger partial charge in [0.15, 0.2) is 5.82 Å². The molecule has 0 radical (unpaired) electrons. The highest BCUT2D eigenvalue weighted by Crippen LogP contribution is 2.38. The van der Waals surface area contributed by atoms with E-state index in [1.165, 1.54) is 10.6 Å². The Bertz CT molecular complexity index is 1040. The Labute approximate surface area is 168 Å². The maximum Gasteiger partial charge on any atom is 0.315 e. The first kappa shape index (κ1) is 20.2. The van der Waals surface area contributed by atoms with Crippen LogP contribution in [0.2, 0.25) is 0 Å². The molecule has 0 saturated heterocycles. The minimum absolute atomic E-state index is 0.0112. The number of hydrogen-bond acceptors (Lipinski definition) is 7. The van der Waals surface area contributed by atoms with Crippen LogP contribution in [0.15, 0.2) is 36.4 Å². The lowest BCUT2D eigenvalue weighted by Crippen LogP contribution is -2.12. The molecule has 0 bridgehead atoms. The normalized spacial score (nSPS) is 11.0. The first-order chi connectivity index (χ1) is 13.9. The van der Waals surface area contributed by atoms with Crippen molar-refractivity contribution in [2.45, 2.75) is 32.9 Å².